The predicted molar refractivity (Wildman–Crippen MR) is 53.7 cm³/mol. The first kappa shape index (κ1) is 10.5. The highest BCUT2D eigenvalue weighted by molar-refractivity contribution is 5.08. The van der Waals surface area contributed by atoms with E-state index in [1.165, 1.54) is 0 Å². The van der Waals surface area contributed by atoms with Crippen LogP contribution in [0.4, 0.5) is 8.78 Å². The minimum Gasteiger partial charge on any atom is -0.293 e. The van der Waals surface area contributed by atoms with Crippen LogP contribution in [0, 0.1) is 0 Å². The highest BCUT2D eigenvalue weighted by atomic mass is 19.3. The van der Waals surface area contributed by atoms with Gasteiger partial charge in [-0.25, -0.2) is 8.78 Å². The Labute approximate surface area is 87.9 Å². The van der Waals surface area contributed by atoms with Crippen molar-refractivity contribution in [2.45, 2.75) is 25.3 Å². The summed E-state index contributed by atoms with van der Waals surface area (Å²) in [4.78, 5) is 5.76. The Morgan fingerprint density at radius 3 is 3.00 bits per heavy atom. The van der Waals surface area contributed by atoms with Crippen LogP contribution in [0.1, 0.15) is 18.4 Å². The largest absolute Gasteiger partial charge is 0.293 e. The molecule has 4 heteroatoms. The van der Waals surface area contributed by atoms with E-state index in [1.807, 2.05) is 12.1 Å². The molecule has 0 spiro atoms. The smallest absolute Gasteiger partial charge is 0.260 e. The lowest BCUT2D eigenvalue weighted by Crippen LogP contribution is -2.42. The van der Waals surface area contributed by atoms with Gasteiger partial charge in [-0.15, -0.1) is 0 Å². The van der Waals surface area contributed by atoms with Gasteiger partial charge in [-0.05, 0) is 24.6 Å². The van der Waals surface area contributed by atoms with Gasteiger partial charge in [0.2, 0.25) is 0 Å². The Hall–Kier alpha value is -1.03. The third-order valence-electron chi connectivity index (χ3n) is 2.60. The highest BCUT2D eigenvalue weighted by Gasteiger charge is 2.34. The van der Waals surface area contributed by atoms with Gasteiger partial charge in [-0.1, -0.05) is 6.07 Å². The van der Waals surface area contributed by atoms with Crippen molar-refractivity contribution in [3.8, 4) is 0 Å². The molecule has 1 aromatic rings. The van der Waals surface area contributed by atoms with Gasteiger partial charge in [-0.3, -0.25) is 9.88 Å². The lowest BCUT2D eigenvalue weighted by atomic mass is 10.1. The number of aromatic nitrogens is 1. The van der Waals surface area contributed by atoms with E-state index in [2.05, 4.69) is 4.98 Å². The summed E-state index contributed by atoms with van der Waals surface area (Å²) in [6, 6.07) is 3.75. The quantitative estimate of drug-likeness (QED) is 0.747. The molecule has 2 rings (SSSR count). The zero-order chi connectivity index (χ0) is 10.7. The number of likely N-dealkylation sites (tertiary alicyclic amines) is 1. The minimum atomic E-state index is -2.51. The fourth-order valence-corrected chi connectivity index (χ4v) is 1.93. The molecule has 0 aliphatic carbocycles. The SMILES string of the molecule is FC1(F)CCCN(Cc2cccnc2)C1. The number of rotatable bonds is 2. The molecule has 2 heterocycles. The number of pyridine rings is 1. The van der Waals surface area contributed by atoms with Crippen LogP contribution in [-0.4, -0.2) is 28.9 Å². The number of nitrogens with zero attached hydrogens (tertiary/aromatic N) is 2. The van der Waals surface area contributed by atoms with E-state index in [4.69, 9.17) is 0 Å². The molecule has 0 unspecified atom stereocenters. The van der Waals surface area contributed by atoms with E-state index in [-0.39, 0.29) is 13.0 Å². The molecule has 15 heavy (non-hydrogen) atoms. The number of hydrogen-bond acceptors (Lipinski definition) is 2. The molecule has 1 aromatic heterocycles. The van der Waals surface area contributed by atoms with E-state index in [9.17, 15) is 8.78 Å². The van der Waals surface area contributed by atoms with Gasteiger partial charge in [0.25, 0.3) is 5.92 Å². The van der Waals surface area contributed by atoms with Crippen LogP contribution < -0.4 is 0 Å². The Bertz CT molecular complexity index is 314. The van der Waals surface area contributed by atoms with Crippen LogP contribution >= 0.6 is 0 Å². The van der Waals surface area contributed by atoms with Crippen LogP contribution in [0.2, 0.25) is 0 Å². The molecule has 82 valence electrons. The molecule has 0 radical (unpaired) electrons. The fraction of sp³-hybridized carbons (Fsp3) is 0.545. The summed E-state index contributed by atoms with van der Waals surface area (Å²) in [7, 11) is 0. The molecule has 1 saturated heterocycles. The standard InChI is InChI=1S/C11H14F2N2/c12-11(13)4-2-6-15(9-11)8-10-3-1-5-14-7-10/h1,3,5,7H,2,4,6,8-9H2. The van der Waals surface area contributed by atoms with Gasteiger partial charge in [-0.2, -0.15) is 0 Å². The minimum absolute atomic E-state index is 0.0243. The molecule has 0 bridgehead atoms. The van der Waals surface area contributed by atoms with E-state index >= 15 is 0 Å². The highest BCUT2D eigenvalue weighted by Crippen LogP contribution is 2.27. The second kappa shape index (κ2) is 4.23. The number of piperidine rings is 1. The fourth-order valence-electron chi connectivity index (χ4n) is 1.93. The normalized spacial score (nSPS) is 21.5. The average molecular weight is 212 g/mol. The summed E-state index contributed by atoms with van der Waals surface area (Å²) in [6.07, 6.45) is 4.02. The zero-order valence-corrected chi connectivity index (χ0v) is 8.50. The number of halogens is 2. The van der Waals surface area contributed by atoms with E-state index in [0.717, 1.165) is 12.1 Å². The second-order valence-electron chi connectivity index (χ2n) is 4.03. The zero-order valence-electron chi connectivity index (χ0n) is 8.50. The lowest BCUT2D eigenvalue weighted by molar-refractivity contribution is -0.0661. The molecular weight excluding hydrogens is 198 g/mol. The van der Waals surface area contributed by atoms with Crippen molar-refractivity contribution >= 4 is 0 Å². The molecule has 0 saturated carbocycles. The average Bonchev–Trinajstić information content (AvgIpc) is 2.17. The molecule has 0 N–H and O–H groups in total. The summed E-state index contributed by atoms with van der Waals surface area (Å²) < 4.78 is 26.2. The van der Waals surface area contributed by atoms with Gasteiger partial charge in [0.1, 0.15) is 0 Å². The number of hydrogen-bond donors (Lipinski definition) is 0. The third kappa shape index (κ3) is 2.96. The van der Waals surface area contributed by atoms with Crippen LogP contribution in [0.15, 0.2) is 24.5 Å². The summed E-state index contributed by atoms with van der Waals surface area (Å²) >= 11 is 0. The van der Waals surface area contributed by atoms with Crippen LogP contribution in [-0.2, 0) is 6.54 Å². The third-order valence-corrected chi connectivity index (χ3v) is 2.60. The molecule has 1 fully saturated rings. The first-order valence-electron chi connectivity index (χ1n) is 5.15. The van der Waals surface area contributed by atoms with Crippen molar-refractivity contribution < 1.29 is 8.78 Å². The lowest BCUT2D eigenvalue weighted by Gasteiger charge is -2.32. The predicted octanol–water partition coefficient (Wildman–Crippen LogP) is 2.31. The monoisotopic (exact) mass is 212 g/mol. The second-order valence-corrected chi connectivity index (χ2v) is 4.03. The van der Waals surface area contributed by atoms with E-state index < -0.39 is 5.92 Å². The molecule has 1 aliphatic rings. The van der Waals surface area contributed by atoms with Crippen molar-refractivity contribution in [1.82, 2.24) is 9.88 Å². The Morgan fingerprint density at radius 1 is 1.47 bits per heavy atom. The van der Waals surface area contributed by atoms with Gasteiger partial charge in [0.15, 0.2) is 0 Å². The summed E-state index contributed by atoms with van der Waals surface area (Å²) in [5, 5.41) is 0. The first-order chi connectivity index (χ1) is 7.16. The maximum Gasteiger partial charge on any atom is 0.260 e. The van der Waals surface area contributed by atoms with Crippen molar-refractivity contribution in [3.63, 3.8) is 0 Å². The number of alkyl halides is 2. The van der Waals surface area contributed by atoms with E-state index in [1.54, 1.807) is 17.3 Å². The van der Waals surface area contributed by atoms with Crippen molar-refractivity contribution in [2.75, 3.05) is 13.1 Å². The maximum absolute atomic E-state index is 13.1. The van der Waals surface area contributed by atoms with Crippen molar-refractivity contribution in [1.29, 1.82) is 0 Å². The topological polar surface area (TPSA) is 16.1 Å². The van der Waals surface area contributed by atoms with Crippen LogP contribution in [0.5, 0.6) is 0 Å². The molecule has 0 atom stereocenters. The summed E-state index contributed by atoms with van der Waals surface area (Å²) in [6.45, 7) is 1.20. The van der Waals surface area contributed by atoms with Crippen molar-refractivity contribution in [2.24, 2.45) is 0 Å². The molecule has 0 aromatic carbocycles. The molecule has 0 amide bonds. The molecule has 1 aliphatic heterocycles. The molecule has 2 nitrogen and oxygen atoms in total. The van der Waals surface area contributed by atoms with Gasteiger partial charge < -0.3 is 0 Å². The summed E-state index contributed by atoms with van der Waals surface area (Å²) in [5.41, 5.74) is 0.996. The Morgan fingerprint density at radius 2 is 2.33 bits per heavy atom. The summed E-state index contributed by atoms with van der Waals surface area (Å²) in [5.74, 6) is -2.51. The maximum atomic E-state index is 13.1. The van der Waals surface area contributed by atoms with Crippen molar-refractivity contribution in [3.05, 3.63) is 30.1 Å². The van der Waals surface area contributed by atoms with Gasteiger partial charge in [0.05, 0.1) is 6.54 Å². The van der Waals surface area contributed by atoms with E-state index in [0.29, 0.717) is 13.0 Å². The van der Waals surface area contributed by atoms with Crippen LogP contribution in [0.25, 0.3) is 0 Å². The van der Waals surface area contributed by atoms with Gasteiger partial charge in [0, 0.05) is 25.4 Å². The Kier molecular flexibility index (Phi) is 2.95. The van der Waals surface area contributed by atoms with Crippen LogP contribution in [0.3, 0.4) is 0 Å². The Balaban J connectivity index is 1.95. The molecular formula is C11H14F2N2. The first-order valence-corrected chi connectivity index (χ1v) is 5.15. The van der Waals surface area contributed by atoms with Gasteiger partial charge >= 0.3 is 0 Å².